The van der Waals surface area contributed by atoms with Crippen LogP contribution in [0.2, 0.25) is 0 Å². The lowest BCUT2D eigenvalue weighted by atomic mass is 9.77. The Balaban J connectivity index is 1.82. The van der Waals surface area contributed by atoms with Crippen molar-refractivity contribution in [3.8, 4) is 0 Å². The molecule has 2 aliphatic carbocycles. The Morgan fingerprint density at radius 1 is 1.18 bits per heavy atom. The zero-order valence-corrected chi connectivity index (χ0v) is 9.76. The van der Waals surface area contributed by atoms with Crippen LogP contribution in [0.1, 0.15) is 31.2 Å². The van der Waals surface area contributed by atoms with Crippen LogP contribution in [0.15, 0.2) is 18.2 Å². The van der Waals surface area contributed by atoms with Crippen molar-refractivity contribution in [1.29, 1.82) is 0 Å². The summed E-state index contributed by atoms with van der Waals surface area (Å²) in [5.41, 5.74) is 6.89. The Labute approximate surface area is 100 Å². The molecule has 3 atom stereocenters. The number of hydrogen-bond acceptors (Lipinski definition) is 1. The molecule has 0 heterocycles. The maximum absolute atomic E-state index is 13.1. The number of fused-ring (bicyclic) bond motifs is 2. The van der Waals surface area contributed by atoms with E-state index in [9.17, 15) is 8.78 Å². The first kappa shape index (κ1) is 11.1. The predicted molar refractivity (Wildman–Crippen MR) is 62.4 cm³/mol. The minimum atomic E-state index is -0.508. The summed E-state index contributed by atoms with van der Waals surface area (Å²) in [7, 11) is 0. The summed E-state index contributed by atoms with van der Waals surface area (Å²) in [4.78, 5) is 0. The number of rotatable bonds is 2. The van der Waals surface area contributed by atoms with Gasteiger partial charge in [-0.2, -0.15) is 0 Å². The van der Waals surface area contributed by atoms with E-state index in [-0.39, 0.29) is 5.54 Å². The lowest BCUT2D eigenvalue weighted by Crippen LogP contribution is -2.46. The standard InChI is InChI=1S/C14H17F2N/c15-12-4-10(5-13(16)6-12)8-14(17)7-9-1-2-11(14)3-9/h4-6,9,11H,1-3,7-8,17H2. The maximum Gasteiger partial charge on any atom is 0.126 e. The molecule has 2 fully saturated rings. The minimum absolute atomic E-state index is 0.233. The van der Waals surface area contributed by atoms with Crippen molar-refractivity contribution in [2.24, 2.45) is 17.6 Å². The monoisotopic (exact) mass is 237 g/mol. The third kappa shape index (κ3) is 1.97. The summed E-state index contributed by atoms with van der Waals surface area (Å²) < 4.78 is 26.3. The normalized spacial score (nSPS) is 35.5. The Kier molecular flexibility index (Phi) is 2.47. The molecule has 3 heteroatoms. The van der Waals surface area contributed by atoms with Crippen LogP contribution in [0.5, 0.6) is 0 Å². The van der Waals surface area contributed by atoms with Gasteiger partial charge in [-0.15, -0.1) is 0 Å². The highest BCUT2D eigenvalue weighted by molar-refractivity contribution is 5.22. The Bertz CT molecular complexity index is 426. The molecule has 2 N–H and O–H groups in total. The first-order chi connectivity index (χ1) is 8.05. The van der Waals surface area contributed by atoms with Crippen LogP contribution in [-0.4, -0.2) is 5.54 Å². The molecule has 3 unspecified atom stereocenters. The third-order valence-electron chi connectivity index (χ3n) is 4.48. The van der Waals surface area contributed by atoms with Crippen molar-refractivity contribution in [3.63, 3.8) is 0 Å². The molecular formula is C14H17F2N. The lowest BCUT2D eigenvalue weighted by Gasteiger charge is -2.34. The van der Waals surface area contributed by atoms with Crippen LogP contribution in [0.25, 0.3) is 0 Å². The number of halogens is 2. The second-order valence-corrected chi connectivity index (χ2v) is 5.77. The molecule has 92 valence electrons. The van der Waals surface area contributed by atoms with Crippen molar-refractivity contribution in [2.45, 2.75) is 37.6 Å². The second-order valence-electron chi connectivity index (χ2n) is 5.77. The van der Waals surface area contributed by atoms with Gasteiger partial charge in [0, 0.05) is 11.6 Å². The summed E-state index contributed by atoms with van der Waals surface area (Å²) >= 11 is 0. The first-order valence-corrected chi connectivity index (χ1v) is 6.29. The van der Waals surface area contributed by atoms with Gasteiger partial charge in [0.05, 0.1) is 0 Å². The molecule has 0 aromatic heterocycles. The molecule has 1 aromatic rings. The Morgan fingerprint density at radius 2 is 1.88 bits per heavy atom. The van der Waals surface area contributed by atoms with Crippen molar-refractivity contribution in [3.05, 3.63) is 35.4 Å². The smallest absolute Gasteiger partial charge is 0.126 e. The number of hydrogen-bond donors (Lipinski definition) is 1. The van der Waals surface area contributed by atoms with Gasteiger partial charge in [0.2, 0.25) is 0 Å². The molecule has 0 radical (unpaired) electrons. The van der Waals surface area contributed by atoms with Gasteiger partial charge in [0.15, 0.2) is 0 Å². The summed E-state index contributed by atoms with van der Waals surface area (Å²) in [6.07, 6.45) is 5.27. The molecule has 3 rings (SSSR count). The van der Waals surface area contributed by atoms with E-state index in [1.807, 2.05) is 0 Å². The van der Waals surface area contributed by atoms with Gasteiger partial charge >= 0.3 is 0 Å². The summed E-state index contributed by atoms with van der Waals surface area (Å²) in [6, 6.07) is 3.72. The van der Waals surface area contributed by atoms with Crippen LogP contribution in [0, 0.1) is 23.5 Å². The molecule has 0 spiro atoms. The molecule has 1 aromatic carbocycles. The lowest BCUT2D eigenvalue weighted by molar-refractivity contribution is 0.269. The fourth-order valence-corrected chi connectivity index (χ4v) is 3.80. The van der Waals surface area contributed by atoms with Crippen LogP contribution in [0.4, 0.5) is 8.78 Å². The number of nitrogens with two attached hydrogens (primary N) is 1. The van der Waals surface area contributed by atoms with Gasteiger partial charge in [-0.1, -0.05) is 6.42 Å². The molecule has 2 aliphatic rings. The van der Waals surface area contributed by atoms with E-state index < -0.39 is 11.6 Å². The molecule has 0 aliphatic heterocycles. The molecule has 17 heavy (non-hydrogen) atoms. The zero-order chi connectivity index (χ0) is 12.0. The molecule has 2 bridgehead atoms. The minimum Gasteiger partial charge on any atom is -0.325 e. The molecule has 0 amide bonds. The van der Waals surface area contributed by atoms with Crippen LogP contribution < -0.4 is 5.73 Å². The summed E-state index contributed by atoms with van der Waals surface area (Å²) in [6.45, 7) is 0. The van der Waals surface area contributed by atoms with Gasteiger partial charge in [0.1, 0.15) is 11.6 Å². The largest absolute Gasteiger partial charge is 0.325 e. The van der Waals surface area contributed by atoms with Crippen molar-refractivity contribution < 1.29 is 8.78 Å². The van der Waals surface area contributed by atoms with Gasteiger partial charge < -0.3 is 5.73 Å². The van der Waals surface area contributed by atoms with Crippen molar-refractivity contribution in [2.75, 3.05) is 0 Å². The van der Waals surface area contributed by atoms with Gasteiger partial charge in [-0.25, -0.2) is 8.78 Å². The van der Waals surface area contributed by atoms with Gasteiger partial charge in [0.25, 0.3) is 0 Å². The fraction of sp³-hybridized carbons (Fsp3) is 0.571. The highest BCUT2D eigenvalue weighted by atomic mass is 19.1. The third-order valence-corrected chi connectivity index (χ3v) is 4.48. The van der Waals surface area contributed by atoms with Crippen LogP contribution in [-0.2, 0) is 6.42 Å². The molecular weight excluding hydrogens is 220 g/mol. The van der Waals surface area contributed by atoms with E-state index in [1.165, 1.54) is 31.4 Å². The maximum atomic E-state index is 13.1. The van der Waals surface area contributed by atoms with Crippen molar-refractivity contribution in [1.82, 2.24) is 0 Å². The van der Waals surface area contributed by atoms with E-state index >= 15 is 0 Å². The van der Waals surface area contributed by atoms with E-state index in [0.29, 0.717) is 17.9 Å². The van der Waals surface area contributed by atoms with E-state index in [0.717, 1.165) is 18.4 Å². The predicted octanol–water partition coefficient (Wildman–Crippen LogP) is 3.02. The van der Waals surface area contributed by atoms with E-state index in [4.69, 9.17) is 5.73 Å². The highest BCUT2D eigenvalue weighted by Gasteiger charge is 2.48. The average molecular weight is 237 g/mol. The highest BCUT2D eigenvalue weighted by Crippen LogP contribution is 2.50. The molecule has 1 nitrogen and oxygen atoms in total. The first-order valence-electron chi connectivity index (χ1n) is 6.29. The van der Waals surface area contributed by atoms with Crippen LogP contribution in [0.3, 0.4) is 0 Å². The zero-order valence-electron chi connectivity index (χ0n) is 9.76. The Hall–Kier alpha value is -0.960. The van der Waals surface area contributed by atoms with Gasteiger partial charge in [-0.05, 0) is 55.2 Å². The second kappa shape index (κ2) is 3.77. The van der Waals surface area contributed by atoms with E-state index in [2.05, 4.69) is 0 Å². The fourth-order valence-electron chi connectivity index (χ4n) is 3.80. The quantitative estimate of drug-likeness (QED) is 0.840. The summed E-state index contributed by atoms with van der Waals surface area (Å²) in [5.74, 6) is 0.265. The molecule has 0 saturated heterocycles. The van der Waals surface area contributed by atoms with E-state index in [1.54, 1.807) is 0 Å². The van der Waals surface area contributed by atoms with Crippen LogP contribution >= 0.6 is 0 Å². The summed E-state index contributed by atoms with van der Waals surface area (Å²) in [5, 5.41) is 0. The topological polar surface area (TPSA) is 26.0 Å². The van der Waals surface area contributed by atoms with Gasteiger partial charge in [-0.3, -0.25) is 0 Å². The molecule has 2 saturated carbocycles. The number of benzene rings is 1. The van der Waals surface area contributed by atoms with Crippen molar-refractivity contribution >= 4 is 0 Å². The Morgan fingerprint density at radius 3 is 2.41 bits per heavy atom. The SMILES string of the molecule is NC1(Cc2cc(F)cc(F)c2)CC2CCC1C2. The average Bonchev–Trinajstić information content (AvgIpc) is 2.74.